The van der Waals surface area contributed by atoms with E-state index >= 15 is 0 Å². The third-order valence-corrected chi connectivity index (χ3v) is 14.0. The first-order valence-corrected chi connectivity index (χ1v) is 21.7. The Labute approximate surface area is 321 Å². The molecular weight excluding hydrogens is 725 g/mol. The summed E-state index contributed by atoms with van der Waals surface area (Å²) in [6.45, 7) is 7.48. The van der Waals surface area contributed by atoms with E-state index in [1.807, 2.05) is 109 Å². The molecule has 0 radical (unpaired) electrons. The predicted octanol–water partition coefficient (Wildman–Crippen LogP) is 6.67. The van der Waals surface area contributed by atoms with Gasteiger partial charge in [0.1, 0.15) is 35.9 Å². The Hall–Kier alpha value is -3.78. The fourth-order valence-electron chi connectivity index (χ4n) is 6.81. The molecule has 54 heavy (non-hydrogen) atoms. The average molecular weight is 779 g/mol. The van der Waals surface area contributed by atoms with Crippen molar-refractivity contribution in [2.75, 3.05) is 0 Å². The van der Waals surface area contributed by atoms with Gasteiger partial charge in [0.25, 0.3) is 0 Å². The number of rotatable bonds is 14. The standard InChI is InChI=1S/2C21H27NO4S/c2*1-16(2)27(24,25)22-20-9-6-14-21(20,23)18-10-12-19(13-11-18)26-15-17-7-4-3-5-8-17/h2*3-5,7-8,10-13,16,20,22-23H,6,9,14-15H2,1-2H3/t2*20-,21-/m00/s1. The molecule has 10 nitrogen and oxygen atoms in total. The van der Waals surface area contributed by atoms with Crippen LogP contribution in [0.2, 0.25) is 0 Å². The van der Waals surface area contributed by atoms with Gasteiger partial charge in [-0.05, 0) is 113 Å². The van der Waals surface area contributed by atoms with Crippen LogP contribution < -0.4 is 18.9 Å². The molecule has 6 rings (SSSR count). The van der Waals surface area contributed by atoms with Gasteiger partial charge in [-0.1, -0.05) is 84.9 Å². The quantitative estimate of drug-likeness (QED) is 0.111. The first-order valence-electron chi connectivity index (χ1n) is 18.6. The van der Waals surface area contributed by atoms with Crippen molar-refractivity contribution >= 4 is 20.0 Å². The van der Waals surface area contributed by atoms with Gasteiger partial charge in [0, 0.05) is 0 Å². The zero-order chi connectivity index (χ0) is 39.0. The van der Waals surface area contributed by atoms with Crippen LogP contribution >= 0.6 is 0 Å². The van der Waals surface area contributed by atoms with E-state index in [-0.39, 0.29) is 0 Å². The number of nitrogens with one attached hydrogen (secondary N) is 2. The molecule has 4 aromatic rings. The van der Waals surface area contributed by atoms with Gasteiger partial charge in [0.05, 0.1) is 22.6 Å². The summed E-state index contributed by atoms with van der Waals surface area (Å²) in [5, 5.41) is 21.3. The van der Waals surface area contributed by atoms with E-state index in [1.54, 1.807) is 27.7 Å². The van der Waals surface area contributed by atoms with E-state index in [2.05, 4.69) is 9.44 Å². The first-order chi connectivity index (χ1) is 25.6. The summed E-state index contributed by atoms with van der Waals surface area (Å²) in [5.41, 5.74) is 1.20. The lowest BCUT2D eigenvalue weighted by atomic mass is 9.89. The zero-order valence-electron chi connectivity index (χ0n) is 31.5. The van der Waals surface area contributed by atoms with Gasteiger partial charge < -0.3 is 19.7 Å². The van der Waals surface area contributed by atoms with E-state index in [1.165, 1.54) is 0 Å². The Morgan fingerprint density at radius 3 is 1.22 bits per heavy atom. The maximum Gasteiger partial charge on any atom is 0.214 e. The molecule has 2 aliphatic carbocycles. The largest absolute Gasteiger partial charge is 0.489 e. The summed E-state index contributed by atoms with van der Waals surface area (Å²) in [7, 11) is -6.89. The normalized spacial score (nSPS) is 22.9. The molecule has 0 aromatic heterocycles. The Morgan fingerprint density at radius 2 is 0.907 bits per heavy atom. The zero-order valence-corrected chi connectivity index (χ0v) is 33.2. The van der Waals surface area contributed by atoms with E-state index in [4.69, 9.17) is 9.47 Å². The third-order valence-electron chi connectivity index (χ3n) is 10.3. The lowest BCUT2D eigenvalue weighted by molar-refractivity contribution is 0.0228. The second kappa shape index (κ2) is 17.8. The van der Waals surface area contributed by atoms with Crippen molar-refractivity contribution in [2.24, 2.45) is 0 Å². The van der Waals surface area contributed by atoms with Gasteiger partial charge in [-0.2, -0.15) is 0 Å². The van der Waals surface area contributed by atoms with E-state index in [0.29, 0.717) is 61.5 Å². The predicted molar refractivity (Wildman–Crippen MR) is 212 cm³/mol. The van der Waals surface area contributed by atoms with Gasteiger partial charge >= 0.3 is 0 Å². The van der Waals surface area contributed by atoms with Crippen LogP contribution in [0.15, 0.2) is 109 Å². The monoisotopic (exact) mass is 778 g/mol. The molecule has 0 heterocycles. The summed E-state index contributed by atoms with van der Waals surface area (Å²) in [4.78, 5) is 0. The minimum atomic E-state index is -3.44. The number of hydrogen-bond donors (Lipinski definition) is 4. The minimum Gasteiger partial charge on any atom is -0.489 e. The van der Waals surface area contributed by atoms with E-state index in [0.717, 1.165) is 24.0 Å². The van der Waals surface area contributed by atoms with Crippen LogP contribution in [-0.2, 0) is 44.5 Å². The molecule has 12 heteroatoms. The SMILES string of the molecule is CC(C)S(=O)(=O)N[C@H]1CCC[C@]1(O)c1ccc(OCc2ccccc2)cc1.CC(C)S(=O)(=O)N[C@H]1CCC[C@]1(O)c1ccc(OCc2ccccc2)cc1. The molecule has 2 saturated carbocycles. The molecule has 2 fully saturated rings. The number of sulfonamides is 2. The fraction of sp³-hybridized carbons (Fsp3) is 0.429. The second-order valence-corrected chi connectivity index (χ2v) is 19.3. The molecule has 292 valence electrons. The summed E-state index contributed by atoms with van der Waals surface area (Å²) in [6.07, 6.45) is 3.84. The number of aliphatic hydroxyl groups is 2. The highest BCUT2D eigenvalue weighted by Crippen LogP contribution is 2.41. The summed E-state index contributed by atoms with van der Waals surface area (Å²) in [5.74, 6) is 1.42. The maximum atomic E-state index is 12.2. The van der Waals surface area contributed by atoms with Crippen LogP contribution in [0.1, 0.15) is 88.5 Å². The Bertz CT molecular complexity index is 1850. The minimum absolute atomic E-state index is 0.473. The third kappa shape index (κ3) is 10.3. The summed E-state index contributed by atoms with van der Waals surface area (Å²) in [6, 6.07) is 33.4. The van der Waals surface area contributed by atoms with Crippen LogP contribution in [0, 0.1) is 0 Å². The van der Waals surface area contributed by atoms with Crippen LogP contribution in [0.25, 0.3) is 0 Å². The van der Waals surface area contributed by atoms with Crippen molar-refractivity contribution in [1.82, 2.24) is 9.44 Å². The van der Waals surface area contributed by atoms with Crippen LogP contribution in [0.5, 0.6) is 11.5 Å². The molecule has 0 spiro atoms. The molecular formula is C42H54N2O8S2. The summed E-state index contributed by atoms with van der Waals surface area (Å²) >= 11 is 0. The van der Waals surface area contributed by atoms with Crippen LogP contribution in [0.4, 0.5) is 0 Å². The van der Waals surface area contributed by atoms with Crippen LogP contribution in [-0.4, -0.2) is 49.6 Å². The highest BCUT2D eigenvalue weighted by molar-refractivity contribution is 7.90. The van der Waals surface area contributed by atoms with E-state index in [9.17, 15) is 27.0 Å². The average Bonchev–Trinajstić information content (AvgIpc) is 3.72. The maximum absolute atomic E-state index is 12.2. The molecule has 0 bridgehead atoms. The van der Waals surface area contributed by atoms with Crippen molar-refractivity contribution in [2.45, 2.75) is 113 Å². The number of hydrogen-bond acceptors (Lipinski definition) is 8. The molecule has 0 aliphatic heterocycles. The fourth-order valence-corrected chi connectivity index (χ4v) is 8.77. The Morgan fingerprint density at radius 1 is 0.574 bits per heavy atom. The Kier molecular flexibility index (Phi) is 13.6. The molecule has 4 N–H and O–H groups in total. The molecule has 2 aliphatic rings. The molecule has 4 atom stereocenters. The van der Waals surface area contributed by atoms with Gasteiger partial charge in [0.2, 0.25) is 20.0 Å². The van der Waals surface area contributed by atoms with Gasteiger partial charge in [-0.3, -0.25) is 0 Å². The van der Waals surface area contributed by atoms with Gasteiger partial charge in [0.15, 0.2) is 0 Å². The van der Waals surface area contributed by atoms with Crippen molar-refractivity contribution in [3.05, 3.63) is 131 Å². The lowest BCUT2D eigenvalue weighted by Crippen LogP contribution is -2.48. The highest BCUT2D eigenvalue weighted by atomic mass is 32.2. The molecule has 0 unspecified atom stereocenters. The Balaban J connectivity index is 0.000000208. The molecule has 4 aromatic carbocycles. The summed E-state index contributed by atoms with van der Waals surface area (Å²) < 4.78 is 65.9. The van der Waals surface area contributed by atoms with Gasteiger partial charge in [-0.25, -0.2) is 26.3 Å². The van der Waals surface area contributed by atoms with Crippen LogP contribution in [0.3, 0.4) is 0 Å². The van der Waals surface area contributed by atoms with E-state index < -0.39 is 53.8 Å². The first kappa shape index (κ1) is 41.4. The van der Waals surface area contributed by atoms with Crippen molar-refractivity contribution in [1.29, 1.82) is 0 Å². The molecule has 0 amide bonds. The van der Waals surface area contributed by atoms with Crippen molar-refractivity contribution in [3.8, 4) is 11.5 Å². The highest BCUT2D eigenvalue weighted by Gasteiger charge is 2.46. The second-order valence-electron chi connectivity index (χ2n) is 14.8. The van der Waals surface area contributed by atoms with Crippen molar-refractivity contribution < 1.29 is 36.5 Å². The lowest BCUT2D eigenvalue weighted by Gasteiger charge is -2.31. The smallest absolute Gasteiger partial charge is 0.214 e. The number of benzene rings is 4. The van der Waals surface area contributed by atoms with Gasteiger partial charge in [-0.15, -0.1) is 0 Å². The topological polar surface area (TPSA) is 151 Å². The number of ether oxygens (including phenoxy) is 2. The molecule has 0 saturated heterocycles. The van der Waals surface area contributed by atoms with Crippen molar-refractivity contribution in [3.63, 3.8) is 0 Å².